The van der Waals surface area contributed by atoms with Gasteiger partial charge in [0.15, 0.2) is 5.75 Å². The second-order valence-corrected chi connectivity index (χ2v) is 5.93. The number of benzene rings is 2. The molecule has 0 aliphatic heterocycles. The number of pyridine rings is 1. The van der Waals surface area contributed by atoms with Crippen LogP contribution in [0.4, 0.5) is 5.69 Å². The van der Waals surface area contributed by atoms with E-state index < -0.39 is 10.8 Å². The molecule has 3 aromatic rings. The maximum Gasteiger partial charge on any atom is 0.279 e. The van der Waals surface area contributed by atoms with Crippen molar-refractivity contribution in [1.82, 2.24) is 10.3 Å². The Morgan fingerprint density at radius 3 is 2.59 bits per heavy atom. The number of phenolic OH excluding ortho intramolecular Hbond substituents is 1. The number of rotatable bonds is 5. The molecule has 3 rings (SSSR count). The van der Waals surface area contributed by atoms with Crippen LogP contribution in [0.2, 0.25) is 0 Å². The Kier molecular flexibility index (Phi) is 4.89. The lowest BCUT2D eigenvalue weighted by atomic mass is 10.1. The number of amides is 1. The van der Waals surface area contributed by atoms with E-state index in [1.807, 2.05) is 0 Å². The molecule has 0 saturated heterocycles. The van der Waals surface area contributed by atoms with Crippen LogP contribution in [-0.4, -0.2) is 28.0 Å². The van der Waals surface area contributed by atoms with E-state index in [9.17, 15) is 20.0 Å². The molecule has 0 radical (unpaired) electrons. The number of non-ortho nitro benzene ring substituents is 1. The summed E-state index contributed by atoms with van der Waals surface area (Å²) in [6.07, 6.45) is 0. The Balaban J connectivity index is 1.93. The number of carbonyl (C=O) groups excluding carboxylic acids is 1. The minimum atomic E-state index is -0.628. The highest BCUT2D eigenvalue weighted by Gasteiger charge is 2.23. The third-order valence-electron chi connectivity index (χ3n) is 4.12. The van der Waals surface area contributed by atoms with Gasteiger partial charge in [-0.25, -0.2) is 4.98 Å². The van der Waals surface area contributed by atoms with E-state index in [-0.39, 0.29) is 34.4 Å². The predicted molar refractivity (Wildman–Crippen MR) is 99.0 cm³/mol. The summed E-state index contributed by atoms with van der Waals surface area (Å²) in [5, 5.41) is 24.7. The second-order valence-electron chi connectivity index (χ2n) is 5.93. The van der Waals surface area contributed by atoms with Crippen LogP contribution in [0.25, 0.3) is 10.9 Å². The van der Waals surface area contributed by atoms with Crippen LogP contribution in [0.15, 0.2) is 42.5 Å². The minimum Gasteiger partial charge on any atom is -0.505 e. The fourth-order valence-corrected chi connectivity index (χ4v) is 2.70. The highest BCUT2D eigenvalue weighted by molar-refractivity contribution is 6.05. The van der Waals surface area contributed by atoms with Crippen LogP contribution in [0.1, 0.15) is 21.6 Å². The van der Waals surface area contributed by atoms with Gasteiger partial charge in [0.2, 0.25) is 0 Å². The summed E-state index contributed by atoms with van der Waals surface area (Å²) < 4.78 is 5.07. The van der Waals surface area contributed by atoms with Gasteiger partial charge in [-0.15, -0.1) is 0 Å². The van der Waals surface area contributed by atoms with Gasteiger partial charge in [0.05, 0.1) is 23.0 Å². The number of aromatic nitrogens is 1. The van der Waals surface area contributed by atoms with Gasteiger partial charge in [-0.3, -0.25) is 14.9 Å². The van der Waals surface area contributed by atoms with Gasteiger partial charge in [-0.2, -0.15) is 0 Å². The first-order valence-electron chi connectivity index (χ1n) is 8.09. The molecule has 0 spiro atoms. The number of fused-ring (bicyclic) bond motifs is 1. The summed E-state index contributed by atoms with van der Waals surface area (Å²) >= 11 is 0. The fourth-order valence-electron chi connectivity index (χ4n) is 2.70. The molecule has 0 atom stereocenters. The summed E-state index contributed by atoms with van der Waals surface area (Å²) in [4.78, 5) is 27.4. The van der Waals surface area contributed by atoms with Crippen molar-refractivity contribution < 1.29 is 19.6 Å². The van der Waals surface area contributed by atoms with E-state index in [4.69, 9.17) is 4.74 Å². The molecule has 1 amide bonds. The number of phenols is 1. The van der Waals surface area contributed by atoms with Crippen molar-refractivity contribution in [1.29, 1.82) is 0 Å². The fraction of sp³-hybridized carbons (Fsp3) is 0.158. The Labute approximate surface area is 154 Å². The lowest BCUT2D eigenvalue weighted by Crippen LogP contribution is -2.23. The number of nitrogens with one attached hydrogen (secondary N) is 1. The Bertz CT molecular complexity index is 1030. The van der Waals surface area contributed by atoms with Crippen molar-refractivity contribution in [3.05, 3.63) is 69.4 Å². The molecule has 1 heterocycles. The molecular formula is C19H17N3O5. The van der Waals surface area contributed by atoms with Crippen molar-refractivity contribution in [2.75, 3.05) is 7.11 Å². The molecule has 0 aliphatic rings. The first-order chi connectivity index (χ1) is 12.9. The maximum absolute atomic E-state index is 12.5. The number of aromatic hydroxyl groups is 1. The van der Waals surface area contributed by atoms with Crippen LogP contribution in [0, 0.1) is 17.0 Å². The van der Waals surface area contributed by atoms with Crippen molar-refractivity contribution in [2.24, 2.45) is 0 Å². The molecule has 0 saturated carbocycles. The number of hydrogen-bond acceptors (Lipinski definition) is 6. The number of carbonyl (C=O) groups is 1. The smallest absolute Gasteiger partial charge is 0.279 e. The van der Waals surface area contributed by atoms with E-state index in [0.29, 0.717) is 11.4 Å². The first kappa shape index (κ1) is 18.1. The van der Waals surface area contributed by atoms with Crippen LogP contribution < -0.4 is 10.1 Å². The molecule has 0 fully saturated rings. The van der Waals surface area contributed by atoms with E-state index in [0.717, 1.165) is 11.6 Å². The van der Waals surface area contributed by atoms with E-state index in [1.54, 1.807) is 44.4 Å². The van der Waals surface area contributed by atoms with Gasteiger partial charge in [0.1, 0.15) is 11.3 Å². The topological polar surface area (TPSA) is 115 Å². The summed E-state index contributed by atoms with van der Waals surface area (Å²) in [5.41, 5.74) is 0.931. The highest BCUT2D eigenvalue weighted by Crippen LogP contribution is 2.34. The average molecular weight is 367 g/mol. The first-order valence-corrected chi connectivity index (χ1v) is 8.09. The zero-order valence-corrected chi connectivity index (χ0v) is 14.7. The van der Waals surface area contributed by atoms with Gasteiger partial charge in [-0.1, -0.05) is 12.1 Å². The monoisotopic (exact) mass is 367 g/mol. The number of nitro benzene ring substituents is 1. The van der Waals surface area contributed by atoms with E-state index in [1.165, 1.54) is 6.07 Å². The van der Waals surface area contributed by atoms with E-state index in [2.05, 4.69) is 10.3 Å². The Hall–Kier alpha value is -3.68. The molecule has 0 unspecified atom stereocenters. The average Bonchev–Trinajstić information content (AvgIpc) is 2.67. The molecule has 0 aliphatic carbocycles. The van der Waals surface area contributed by atoms with Gasteiger partial charge >= 0.3 is 0 Å². The van der Waals surface area contributed by atoms with Gasteiger partial charge < -0.3 is 15.2 Å². The summed E-state index contributed by atoms with van der Waals surface area (Å²) in [6.45, 7) is 1.89. The lowest BCUT2D eigenvalue weighted by molar-refractivity contribution is -0.383. The van der Waals surface area contributed by atoms with Gasteiger partial charge in [0.25, 0.3) is 11.6 Å². The van der Waals surface area contributed by atoms with Crippen LogP contribution in [-0.2, 0) is 6.54 Å². The molecule has 8 nitrogen and oxygen atoms in total. The third kappa shape index (κ3) is 3.64. The molecule has 2 N–H and O–H groups in total. The SMILES string of the molecule is COc1ccc(CNC(=O)c2cc([N+](=O)[O-])c3ccc(C)nc3c2O)cc1. The minimum absolute atomic E-state index is 0.0267. The maximum atomic E-state index is 12.5. The molecule has 8 heteroatoms. The highest BCUT2D eigenvalue weighted by atomic mass is 16.6. The van der Waals surface area contributed by atoms with Crippen molar-refractivity contribution in [2.45, 2.75) is 13.5 Å². The second kappa shape index (κ2) is 7.28. The number of aryl methyl sites for hydroxylation is 1. The summed E-state index contributed by atoms with van der Waals surface area (Å²) in [7, 11) is 1.56. The van der Waals surface area contributed by atoms with Crippen molar-refractivity contribution in [3.63, 3.8) is 0 Å². The van der Waals surface area contributed by atoms with Crippen molar-refractivity contribution in [3.8, 4) is 11.5 Å². The quantitative estimate of drug-likeness (QED) is 0.529. The Morgan fingerprint density at radius 2 is 1.96 bits per heavy atom. The van der Waals surface area contributed by atoms with E-state index >= 15 is 0 Å². The third-order valence-corrected chi connectivity index (χ3v) is 4.12. The number of nitrogens with zero attached hydrogens (tertiary/aromatic N) is 2. The Morgan fingerprint density at radius 1 is 1.26 bits per heavy atom. The van der Waals surface area contributed by atoms with Crippen LogP contribution in [0.3, 0.4) is 0 Å². The molecular weight excluding hydrogens is 350 g/mol. The number of methoxy groups -OCH3 is 1. The number of nitro groups is 1. The number of hydrogen-bond donors (Lipinski definition) is 2. The summed E-state index contributed by atoms with van der Waals surface area (Å²) in [6, 6.07) is 11.3. The molecule has 1 aromatic heterocycles. The molecule has 27 heavy (non-hydrogen) atoms. The number of ether oxygens (including phenoxy) is 1. The van der Waals surface area contributed by atoms with Crippen LogP contribution in [0.5, 0.6) is 11.5 Å². The predicted octanol–water partition coefficient (Wildman–Crippen LogP) is 3.10. The zero-order chi connectivity index (χ0) is 19.6. The zero-order valence-electron chi connectivity index (χ0n) is 14.7. The summed E-state index contributed by atoms with van der Waals surface area (Å²) in [5.74, 6) is -0.322. The van der Waals surface area contributed by atoms with Gasteiger partial charge in [-0.05, 0) is 36.8 Å². The molecule has 2 aromatic carbocycles. The molecule has 138 valence electrons. The van der Waals surface area contributed by atoms with Crippen LogP contribution >= 0.6 is 0 Å². The normalized spacial score (nSPS) is 10.6. The largest absolute Gasteiger partial charge is 0.505 e. The van der Waals surface area contributed by atoms with Gasteiger partial charge in [0, 0.05) is 18.3 Å². The van der Waals surface area contributed by atoms with Crippen molar-refractivity contribution >= 4 is 22.5 Å². The molecule has 0 bridgehead atoms. The lowest BCUT2D eigenvalue weighted by Gasteiger charge is -2.10. The standard InChI is InChI=1S/C19H17N3O5/c1-11-3-8-14-16(22(25)26)9-15(18(23)17(14)21-11)19(24)20-10-12-4-6-13(27-2)7-5-12/h3-9,23H,10H2,1-2H3,(H,20,24).